The smallest absolute Gasteiger partial charge is 0.328 e. The molecular weight excluding hydrogens is 306 g/mol. The maximum absolute atomic E-state index is 12.6. The number of hydrogen-bond acceptors (Lipinski definition) is 4. The first-order chi connectivity index (χ1) is 11.4. The van der Waals surface area contributed by atoms with Gasteiger partial charge in [-0.3, -0.25) is 9.79 Å². The summed E-state index contributed by atoms with van der Waals surface area (Å²) in [6, 6.07) is 8.70. The van der Waals surface area contributed by atoms with Crippen molar-refractivity contribution in [3.63, 3.8) is 0 Å². The summed E-state index contributed by atoms with van der Waals surface area (Å²) >= 11 is 0. The minimum absolute atomic E-state index is 0.0188. The number of rotatable bonds is 5. The van der Waals surface area contributed by atoms with Crippen molar-refractivity contribution in [3.05, 3.63) is 47.2 Å². The van der Waals surface area contributed by atoms with Crippen molar-refractivity contribution in [2.75, 3.05) is 0 Å². The molecule has 1 aliphatic carbocycles. The molecule has 0 bridgehead atoms. The van der Waals surface area contributed by atoms with Crippen molar-refractivity contribution >= 4 is 17.5 Å². The standard InChI is InChI=1S/C19H23NO4/c1-3-7-16(21)18-15(20-12(2)19(23)24)10-14(11-17(18)22)13-8-5-4-6-9-13/h4-6,8-9,12,14,21H,3,7,10-11H2,1-2H3,(H,23,24)/t12-,14+/m1/s1. The molecular formula is C19H23NO4. The number of nitrogens with zero attached hydrogens (tertiary/aromatic N) is 1. The second-order valence-electron chi connectivity index (χ2n) is 6.10. The van der Waals surface area contributed by atoms with Gasteiger partial charge in [-0.05, 0) is 31.2 Å². The van der Waals surface area contributed by atoms with E-state index >= 15 is 0 Å². The lowest BCUT2D eigenvalue weighted by atomic mass is 9.78. The van der Waals surface area contributed by atoms with Gasteiger partial charge < -0.3 is 10.2 Å². The minimum atomic E-state index is -1.05. The van der Waals surface area contributed by atoms with E-state index in [9.17, 15) is 14.7 Å². The number of Topliss-reactive ketones (excluding diaryl/α,β-unsaturated/α-hetero) is 1. The number of aliphatic imine (C=N–C) groups is 1. The van der Waals surface area contributed by atoms with Gasteiger partial charge in [0.15, 0.2) is 5.78 Å². The molecule has 2 rings (SSSR count). The maximum Gasteiger partial charge on any atom is 0.328 e. The Bertz CT molecular complexity index is 676. The Morgan fingerprint density at radius 3 is 2.50 bits per heavy atom. The summed E-state index contributed by atoms with van der Waals surface area (Å²) in [6.45, 7) is 3.38. The van der Waals surface area contributed by atoms with Gasteiger partial charge in [-0.2, -0.15) is 0 Å². The van der Waals surface area contributed by atoms with Crippen molar-refractivity contribution in [2.24, 2.45) is 4.99 Å². The molecule has 0 saturated heterocycles. The molecule has 1 saturated carbocycles. The highest BCUT2D eigenvalue weighted by atomic mass is 16.4. The summed E-state index contributed by atoms with van der Waals surface area (Å²) in [5.41, 5.74) is 1.65. The third kappa shape index (κ3) is 4.10. The third-order valence-electron chi connectivity index (χ3n) is 4.19. The summed E-state index contributed by atoms with van der Waals surface area (Å²) in [7, 11) is 0. The number of hydrogen-bond donors (Lipinski definition) is 2. The number of aliphatic carboxylic acids is 1. The number of allylic oxidation sites excluding steroid dienone is 2. The van der Waals surface area contributed by atoms with Gasteiger partial charge in [-0.1, -0.05) is 37.3 Å². The number of carbonyl (C=O) groups is 2. The van der Waals surface area contributed by atoms with Gasteiger partial charge in [0.05, 0.1) is 11.3 Å². The van der Waals surface area contributed by atoms with Gasteiger partial charge in [0, 0.05) is 12.8 Å². The first-order valence-electron chi connectivity index (χ1n) is 8.24. The molecule has 128 valence electrons. The van der Waals surface area contributed by atoms with Crippen LogP contribution >= 0.6 is 0 Å². The van der Waals surface area contributed by atoms with Crippen LogP contribution in [0.4, 0.5) is 0 Å². The van der Waals surface area contributed by atoms with Gasteiger partial charge in [-0.25, -0.2) is 4.79 Å². The zero-order chi connectivity index (χ0) is 17.7. The third-order valence-corrected chi connectivity index (χ3v) is 4.19. The first-order valence-corrected chi connectivity index (χ1v) is 8.24. The fourth-order valence-electron chi connectivity index (χ4n) is 2.95. The van der Waals surface area contributed by atoms with Crippen LogP contribution in [-0.2, 0) is 9.59 Å². The molecule has 2 atom stereocenters. The largest absolute Gasteiger partial charge is 0.511 e. The van der Waals surface area contributed by atoms with Gasteiger partial charge in [-0.15, -0.1) is 0 Å². The van der Waals surface area contributed by atoms with E-state index in [1.807, 2.05) is 37.3 Å². The molecule has 2 N–H and O–H groups in total. The molecule has 0 aliphatic heterocycles. The van der Waals surface area contributed by atoms with Crippen molar-refractivity contribution < 1.29 is 19.8 Å². The molecule has 1 fully saturated rings. The van der Waals surface area contributed by atoms with Crippen LogP contribution in [0.2, 0.25) is 0 Å². The predicted molar refractivity (Wildman–Crippen MR) is 92.5 cm³/mol. The minimum Gasteiger partial charge on any atom is -0.511 e. The fraction of sp³-hybridized carbons (Fsp3) is 0.421. The van der Waals surface area contributed by atoms with Crippen LogP contribution in [0.25, 0.3) is 0 Å². The Hall–Kier alpha value is -2.43. The molecule has 24 heavy (non-hydrogen) atoms. The molecule has 1 aromatic carbocycles. The summed E-state index contributed by atoms with van der Waals surface area (Å²) in [5, 5.41) is 19.4. The number of carboxylic acids is 1. The lowest BCUT2D eigenvalue weighted by molar-refractivity contribution is -0.138. The van der Waals surface area contributed by atoms with Crippen LogP contribution in [0.1, 0.15) is 51.0 Å². The molecule has 0 radical (unpaired) electrons. The van der Waals surface area contributed by atoms with E-state index in [4.69, 9.17) is 5.11 Å². The Balaban J connectivity index is 2.42. The van der Waals surface area contributed by atoms with Crippen molar-refractivity contribution in [1.29, 1.82) is 0 Å². The van der Waals surface area contributed by atoms with E-state index in [0.717, 1.165) is 5.56 Å². The topological polar surface area (TPSA) is 87.0 Å². The Morgan fingerprint density at radius 2 is 1.92 bits per heavy atom. The molecule has 0 unspecified atom stereocenters. The second kappa shape index (κ2) is 7.90. The van der Waals surface area contributed by atoms with Crippen LogP contribution in [0.3, 0.4) is 0 Å². The number of carboxylic acid groups (broad SMARTS) is 1. The van der Waals surface area contributed by atoms with Crippen LogP contribution in [-0.4, -0.2) is 33.7 Å². The summed E-state index contributed by atoms with van der Waals surface area (Å²) < 4.78 is 0. The SMILES string of the molecule is CCCC(O)=C1C(=O)C[C@@H](c2ccccc2)CC1=N[C@H](C)C(=O)O. The number of benzene rings is 1. The average molecular weight is 329 g/mol. The Labute approximate surface area is 141 Å². The lowest BCUT2D eigenvalue weighted by Crippen LogP contribution is -2.28. The molecule has 1 aliphatic rings. The zero-order valence-electron chi connectivity index (χ0n) is 14.0. The molecule has 5 nitrogen and oxygen atoms in total. The predicted octanol–water partition coefficient (Wildman–Crippen LogP) is 3.66. The molecule has 0 amide bonds. The van der Waals surface area contributed by atoms with Gasteiger partial charge in [0.2, 0.25) is 0 Å². The van der Waals surface area contributed by atoms with Crippen molar-refractivity contribution in [1.82, 2.24) is 0 Å². The zero-order valence-corrected chi connectivity index (χ0v) is 14.0. The second-order valence-corrected chi connectivity index (χ2v) is 6.10. The van der Waals surface area contributed by atoms with E-state index in [-0.39, 0.29) is 23.0 Å². The number of aliphatic hydroxyl groups is 1. The molecule has 0 spiro atoms. The van der Waals surface area contributed by atoms with Crippen molar-refractivity contribution in [2.45, 2.75) is 51.5 Å². The Morgan fingerprint density at radius 1 is 1.25 bits per heavy atom. The monoisotopic (exact) mass is 329 g/mol. The molecule has 1 aromatic rings. The van der Waals surface area contributed by atoms with Crippen LogP contribution < -0.4 is 0 Å². The summed E-state index contributed by atoms with van der Waals surface area (Å²) in [4.78, 5) is 28.0. The first kappa shape index (κ1) is 17.9. The Kier molecular flexibility index (Phi) is 5.90. The normalized spacial score (nSPS) is 23.2. The maximum atomic E-state index is 12.6. The highest BCUT2D eigenvalue weighted by molar-refractivity contribution is 6.25. The average Bonchev–Trinajstić information content (AvgIpc) is 2.55. The summed E-state index contributed by atoms with van der Waals surface area (Å²) in [6.07, 6.45) is 1.84. The fourth-order valence-corrected chi connectivity index (χ4v) is 2.95. The van der Waals surface area contributed by atoms with Gasteiger partial charge in [0.25, 0.3) is 0 Å². The highest BCUT2D eigenvalue weighted by Gasteiger charge is 2.32. The van der Waals surface area contributed by atoms with E-state index in [0.29, 0.717) is 31.4 Å². The van der Waals surface area contributed by atoms with Crippen LogP contribution in [0.5, 0.6) is 0 Å². The summed E-state index contributed by atoms with van der Waals surface area (Å²) in [5.74, 6) is -1.24. The number of ketones is 1. The van der Waals surface area contributed by atoms with Crippen LogP contribution in [0.15, 0.2) is 46.7 Å². The number of aliphatic hydroxyl groups excluding tert-OH is 1. The van der Waals surface area contributed by atoms with E-state index in [2.05, 4.69) is 4.99 Å². The van der Waals surface area contributed by atoms with E-state index < -0.39 is 12.0 Å². The quantitative estimate of drug-likeness (QED) is 0.637. The molecule has 5 heteroatoms. The molecule has 0 heterocycles. The van der Waals surface area contributed by atoms with E-state index in [1.54, 1.807) is 0 Å². The lowest BCUT2D eigenvalue weighted by Gasteiger charge is -2.26. The number of carbonyl (C=O) groups excluding carboxylic acids is 1. The highest BCUT2D eigenvalue weighted by Crippen LogP contribution is 2.34. The van der Waals surface area contributed by atoms with Crippen molar-refractivity contribution in [3.8, 4) is 0 Å². The van der Waals surface area contributed by atoms with E-state index in [1.165, 1.54) is 6.92 Å². The van der Waals surface area contributed by atoms with Gasteiger partial charge in [0.1, 0.15) is 11.8 Å². The molecule has 0 aromatic heterocycles. The van der Waals surface area contributed by atoms with Crippen LogP contribution in [0, 0.1) is 0 Å². The van der Waals surface area contributed by atoms with Gasteiger partial charge >= 0.3 is 5.97 Å².